The molecule has 5 nitrogen and oxygen atoms in total. The molecule has 0 saturated carbocycles. The number of benzene rings is 3. The average molecular weight is 412 g/mol. The van der Waals surface area contributed by atoms with Crippen molar-refractivity contribution in [3.05, 3.63) is 113 Å². The molecular weight excluding hydrogens is 395 g/mol. The Labute approximate surface area is 177 Å². The van der Waals surface area contributed by atoms with Gasteiger partial charge in [-0.05, 0) is 42.0 Å². The van der Waals surface area contributed by atoms with Gasteiger partial charge in [-0.15, -0.1) is 0 Å². The van der Waals surface area contributed by atoms with Gasteiger partial charge in [0.2, 0.25) is 0 Å². The number of nitrogens with zero attached hydrogens (tertiary/aromatic N) is 2. The molecule has 0 fully saturated rings. The molecule has 5 rings (SSSR count). The number of ether oxygens (including phenoxy) is 1. The highest BCUT2D eigenvalue weighted by atomic mass is 19.1. The third-order valence-electron chi connectivity index (χ3n) is 4.96. The predicted molar refractivity (Wildman–Crippen MR) is 116 cm³/mol. The van der Waals surface area contributed by atoms with Crippen LogP contribution >= 0.6 is 0 Å². The van der Waals surface area contributed by atoms with E-state index in [9.17, 15) is 9.18 Å². The second-order valence-electron chi connectivity index (χ2n) is 7.06. The smallest absolute Gasteiger partial charge is 0.200 e. The molecule has 152 valence electrons. The van der Waals surface area contributed by atoms with Gasteiger partial charge in [-0.1, -0.05) is 30.3 Å². The van der Waals surface area contributed by atoms with Gasteiger partial charge in [0.05, 0.1) is 22.8 Å². The first-order valence-corrected chi connectivity index (χ1v) is 9.71. The van der Waals surface area contributed by atoms with E-state index in [2.05, 4.69) is 5.10 Å². The lowest BCUT2D eigenvalue weighted by Gasteiger charge is -2.07. The first-order chi connectivity index (χ1) is 15.2. The zero-order valence-electron chi connectivity index (χ0n) is 16.4. The molecule has 0 saturated heterocycles. The quantitative estimate of drug-likeness (QED) is 0.390. The van der Waals surface area contributed by atoms with Crippen LogP contribution < -0.4 is 10.2 Å². The minimum absolute atomic E-state index is 0.177. The van der Waals surface area contributed by atoms with E-state index in [1.807, 2.05) is 36.5 Å². The van der Waals surface area contributed by atoms with Gasteiger partial charge in [-0.25, -0.2) is 9.07 Å². The Balaban J connectivity index is 1.36. The highest BCUT2D eigenvalue weighted by molar-refractivity contribution is 5.82. The number of fused-ring (bicyclic) bond motifs is 1. The second kappa shape index (κ2) is 7.91. The van der Waals surface area contributed by atoms with Crippen LogP contribution in [0.3, 0.4) is 0 Å². The van der Waals surface area contributed by atoms with Gasteiger partial charge < -0.3 is 9.15 Å². The molecule has 0 spiro atoms. The van der Waals surface area contributed by atoms with Crippen LogP contribution in [-0.4, -0.2) is 9.78 Å². The number of aromatic nitrogens is 2. The Morgan fingerprint density at radius 1 is 1.00 bits per heavy atom. The number of halogens is 1. The lowest BCUT2D eigenvalue weighted by molar-refractivity contribution is 0.306. The van der Waals surface area contributed by atoms with Crippen LogP contribution in [0.1, 0.15) is 5.56 Å². The Hall–Kier alpha value is -4.19. The second-order valence-corrected chi connectivity index (χ2v) is 7.06. The average Bonchev–Trinajstić information content (AvgIpc) is 3.28. The van der Waals surface area contributed by atoms with Crippen molar-refractivity contribution in [2.45, 2.75) is 6.61 Å². The molecule has 0 amide bonds. The maximum absolute atomic E-state index is 13.2. The Morgan fingerprint density at radius 3 is 2.61 bits per heavy atom. The fraction of sp³-hybridized carbons (Fsp3) is 0.0400. The molecule has 0 aliphatic carbocycles. The van der Waals surface area contributed by atoms with Crippen molar-refractivity contribution in [3.8, 4) is 22.6 Å². The van der Waals surface area contributed by atoms with E-state index in [0.717, 1.165) is 11.3 Å². The van der Waals surface area contributed by atoms with E-state index in [1.165, 1.54) is 18.4 Å². The van der Waals surface area contributed by atoms with Crippen LogP contribution in [0.15, 0.2) is 101 Å². The SMILES string of the molecule is O=c1c(-c2ccc(F)cc2)coc2cc(OCc3cnn(-c4ccccc4)c3)ccc12. The fourth-order valence-corrected chi connectivity index (χ4v) is 3.35. The zero-order valence-corrected chi connectivity index (χ0v) is 16.4. The van der Waals surface area contributed by atoms with Crippen molar-refractivity contribution in [2.75, 3.05) is 0 Å². The van der Waals surface area contributed by atoms with Crippen molar-refractivity contribution < 1.29 is 13.5 Å². The highest BCUT2D eigenvalue weighted by Gasteiger charge is 2.11. The van der Waals surface area contributed by atoms with Gasteiger partial charge in [0.25, 0.3) is 0 Å². The van der Waals surface area contributed by atoms with Crippen molar-refractivity contribution in [2.24, 2.45) is 0 Å². The van der Waals surface area contributed by atoms with Gasteiger partial charge in [0.15, 0.2) is 5.43 Å². The van der Waals surface area contributed by atoms with E-state index in [-0.39, 0.29) is 11.2 Å². The molecule has 0 bridgehead atoms. The standard InChI is InChI=1S/C25H17FN2O3/c26-19-8-6-18(7-9-19)23-16-31-24-12-21(10-11-22(24)25(23)29)30-15-17-13-27-28(14-17)20-4-2-1-3-5-20/h1-14,16H,15H2. The first-order valence-electron chi connectivity index (χ1n) is 9.71. The summed E-state index contributed by atoms with van der Waals surface area (Å²) in [5, 5.41) is 4.79. The van der Waals surface area contributed by atoms with Crippen molar-refractivity contribution in [1.82, 2.24) is 9.78 Å². The summed E-state index contributed by atoms with van der Waals surface area (Å²) in [6.45, 7) is 0.330. The summed E-state index contributed by atoms with van der Waals surface area (Å²) in [6, 6.07) is 20.7. The van der Waals surface area contributed by atoms with E-state index in [1.54, 1.807) is 41.2 Å². The Morgan fingerprint density at radius 2 is 1.81 bits per heavy atom. The van der Waals surface area contributed by atoms with Crippen molar-refractivity contribution >= 4 is 11.0 Å². The summed E-state index contributed by atoms with van der Waals surface area (Å²) in [5.74, 6) is 0.225. The topological polar surface area (TPSA) is 57.3 Å². The number of hydrogen-bond acceptors (Lipinski definition) is 4. The summed E-state index contributed by atoms with van der Waals surface area (Å²) in [4.78, 5) is 12.8. The summed E-state index contributed by atoms with van der Waals surface area (Å²) < 4.78 is 26.5. The van der Waals surface area contributed by atoms with Crippen LogP contribution in [-0.2, 0) is 6.61 Å². The Kier molecular flexibility index (Phi) is 4.80. The molecule has 31 heavy (non-hydrogen) atoms. The molecule has 5 aromatic rings. The number of hydrogen-bond donors (Lipinski definition) is 0. The summed E-state index contributed by atoms with van der Waals surface area (Å²) in [5.41, 5.74) is 3.12. The fourth-order valence-electron chi connectivity index (χ4n) is 3.35. The normalized spacial score (nSPS) is 11.0. The first kappa shape index (κ1) is 18.8. The number of rotatable bonds is 5. The summed E-state index contributed by atoms with van der Waals surface area (Å²) in [7, 11) is 0. The lowest BCUT2D eigenvalue weighted by Crippen LogP contribution is -2.05. The predicted octanol–water partition coefficient (Wildman–Crippen LogP) is 5.36. The van der Waals surface area contributed by atoms with Crippen LogP contribution in [0.2, 0.25) is 0 Å². The van der Waals surface area contributed by atoms with E-state index in [0.29, 0.717) is 34.5 Å². The van der Waals surface area contributed by atoms with Gasteiger partial charge in [-0.3, -0.25) is 4.79 Å². The molecule has 0 unspecified atom stereocenters. The zero-order chi connectivity index (χ0) is 21.2. The van der Waals surface area contributed by atoms with Gasteiger partial charge in [-0.2, -0.15) is 5.10 Å². The van der Waals surface area contributed by atoms with Gasteiger partial charge >= 0.3 is 0 Å². The van der Waals surface area contributed by atoms with E-state index >= 15 is 0 Å². The molecule has 2 heterocycles. The van der Waals surface area contributed by atoms with E-state index in [4.69, 9.17) is 9.15 Å². The minimum Gasteiger partial charge on any atom is -0.489 e. The van der Waals surface area contributed by atoms with Crippen LogP contribution in [0.5, 0.6) is 5.75 Å². The number of para-hydroxylation sites is 1. The van der Waals surface area contributed by atoms with Crippen molar-refractivity contribution in [3.63, 3.8) is 0 Å². The molecular formula is C25H17FN2O3. The summed E-state index contributed by atoms with van der Waals surface area (Å²) in [6.07, 6.45) is 5.06. The third-order valence-corrected chi connectivity index (χ3v) is 4.96. The third kappa shape index (κ3) is 3.83. The molecule has 2 aromatic heterocycles. The molecule has 0 aliphatic rings. The van der Waals surface area contributed by atoms with Crippen molar-refractivity contribution in [1.29, 1.82) is 0 Å². The van der Waals surface area contributed by atoms with Gasteiger partial charge in [0.1, 0.15) is 30.0 Å². The minimum atomic E-state index is -0.356. The van der Waals surface area contributed by atoms with Gasteiger partial charge in [0, 0.05) is 17.8 Å². The molecule has 3 aromatic carbocycles. The molecule has 0 N–H and O–H groups in total. The van der Waals surface area contributed by atoms with Crippen LogP contribution in [0, 0.1) is 5.82 Å². The molecule has 0 atom stereocenters. The molecule has 0 aliphatic heterocycles. The van der Waals surface area contributed by atoms with E-state index < -0.39 is 0 Å². The maximum atomic E-state index is 13.2. The summed E-state index contributed by atoms with van der Waals surface area (Å²) >= 11 is 0. The molecule has 0 radical (unpaired) electrons. The maximum Gasteiger partial charge on any atom is 0.200 e. The molecule has 6 heteroatoms. The lowest BCUT2D eigenvalue weighted by atomic mass is 10.1. The van der Waals surface area contributed by atoms with Crippen LogP contribution in [0.4, 0.5) is 4.39 Å². The largest absolute Gasteiger partial charge is 0.489 e. The monoisotopic (exact) mass is 412 g/mol. The van der Waals surface area contributed by atoms with Crippen LogP contribution in [0.25, 0.3) is 27.8 Å². The highest BCUT2D eigenvalue weighted by Crippen LogP contribution is 2.24. The Bertz CT molecular complexity index is 1410.